The van der Waals surface area contributed by atoms with Gasteiger partial charge in [-0.3, -0.25) is 4.68 Å². The highest BCUT2D eigenvalue weighted by Crippen LogP contribution is 2.08. The third-order valence-electron chi connectivity index (χ3n) is 1.73. The second kappa shape index (κ2) is 3.59. The van der Waals surface area contributed by atoms with Crippen LogP contribution in [0.15, 0.2) is 24.5 Å². The molecular weight excluding hydrogens is 202 g/mol. The summed E-state index contributed by atoms with van der Waals surface area (Å²) in [4.78, 5) is 11.7. The quantitative estimate of drug-likeness (QED) is 0.821. The van der Waals surface area contributed by atoms with E-state index in [0.717, 1.165) is 4.88 Å². The Balaban J connectivity index is 2.25. The van der Waals surface area contributed by atoms with Gasteiger partial charge < -0.3 is 5.11 Å². The SMILES string of the molecule is O=C(O)c1ccnn1Cc1ccns1. The molecule has 6 heteroatoms. The van der Waals surface area contributed by atoms with Gasteiger partial charge in [0.2, 0.25) is 0 Å². The summed E-state index contributed by atoms with van der Waals surface area (Å²) in [7, 11) is 0. The highest BCUT2D eigenvalue weighted by molar-refractivity contribution is 7.05. The van der Waals surface area contributed by atoms with Crippen molar-refractivity contribution in [2.75, 3.05) is 0 Å². The summed E-state index contributed by atoms with van der Waals surface area (Å²) >= 11 is 1.34. The summed E-state index contributed by atoms with van der Waals surface area (Å²) in [5.41, 5.74) is 0.193. The van der Waals surface area contributed by atoms with Gasteiger partial charge in [0.05, 0.1) is 6.54 Å². The molecule has 0 spiro atoms. The van der Waals surface area contributed by atoms with E-state index >= 15 is 0 Å². The number of carbonyl (C=O) groups is 1. The lowest BCUT2D eigenvalue weighted by Gasteiger charge is -2.00. The Morgan fingerprint density at radius 2 is 2.36 bits per heavy atom. The molecule has 5 nitrogen and oxygen atoms in total. The van der Waals surface area contributed by atoms with Crippen molar-refractivity contribution in [2.24, 2.45) is 0 Å². The van der Waals surface area contributed by atoms with E-state index in [-0.39, 0.29) is 5.69 Å². The first kappa shape index (κ1) is 8.89. The topological polar surface area (TPSA) is 68.0 Å². The minimum Gasteiger partial charge on any atom is -0.477 e. The Morgan fingerprint density at radius 3 is 3.00 bits per heavy atom. The van der Waals surface area contributed by atoms with Crippen LogP contribution in [-0.2, 0) is 6.54 Å². The smallest absolute Gasteiger partial charge is 0.354 e. The Hall–Kier alpha value is -1.69. The van der Waals surface area contributed by atoms with Gasteiger partial charge >= 0.3 is 5.97 Å². The van der Waals surface area contributed by atoms with Crippen LogP contribution in [0.25, 0.3) is 0 Å². The van der Waals surface area contributed by atoms with Crippen LogP contribution in [-0.4, -0.2) is 25.2 Å². The lowest BCUT2D eigenvalue weighted by molar-refractivity contribution is 0.0684. The van der Waals surface area contributed by atoms with Gasteiger partial charge in [-0.15, -0.1) is 0 Å². The Kier molecular flexibility index (Phi) is 2.28. The Morgan fingerprint density at radius 1 is 1.50 bits per heavy atom. The predicted molar refractivity (Wildman–Crippen MR) is 50.4 cm³/mol. The van der Waals surface area contributed by atoms with Gasteiger partial charge in [-0.2, -0.15) is 5.10 Å². The van der Waals surface area contributed by atoms with E-state index in [1.807, 2.05) is 6.07 Å². The first-order valence-corrected chi connectivity index (χ1v) is 4.69. The van der Waals surface area contributed by atoms with E-state index in [2.05, 4.69) is 9.47 Å². The van der Waals surface area contributed by atoms with Crippen molar-refractivity contribution in [3.8, 4) is 0 Å². The van der Waals surface area contributed by atoms with Gasteiger partial charge in [-0.25, -0.2) is 9.17 Å². The highest BCUT2D eigenvalue weighted by atomic mass is 32.1. The second-order valence-corrected chi connectivity index (χ2v) is 3.58. The fourth-order valence-corrected chi connectivity index (χ4v) is 1.67. The van der Waals surface area contributed by atoms with Crippen molar-refractivity contribution in [3.63, 3.8) is 0 Å². The number of aromatic nitrogens is 3. The van der Waals surface area contributed by atoms with Crippen molar-refractivity contribution >= 4 is 17.5 Å². The van der Waals surface area contributed by atoms with Crippen molar-refractivity contribution in [1.29, 1.82) is 0 Å². The van der Waals surface area contributed by atoms with Crippen molar-refractivity contribution in [2.45, 2.75) is 6.54 Å². The number of hydrogen-bond donors (Lipinski definition) is 1. The molecule has 0 aromatic carbocycles. The maximum absolute atomic E-state index is 10.7. The summed E-state index contributed by atoms with van der Waals surface area (Å²) in [6, 6.07) is 3.32. The molecule has 0 aliphatic heterocycles. The van der Waals surface area contributed by atoms with E-state index in [4.69, 9.17) is 5.11 Å². The largest absolute Gasteiger partial charge is 0.477 e. The van der Waals surface area contributed by atoms with Crippen LogP contribution >= 0.6 is 11.5 Å². The maximum Gasteiger partial charge on any atom is 0.354 e. The van der Waals surface area contributed by atoms with Gasteiger partial charge in [0.1, 0.15) is 5.69 Å². The number of carboxylic acid groups (broad SMARTS) is 1. The monoisotopic (exact) mass is 209 g/mol. The van der Waals surface area contributed by atoms with Gasteiger partial charge in [0, 0.05) is 17.3 Å². The van der Waals surface area contributed by atoms with E-state index in [0.29, 0.717) is 6.54 Å². The molecule has 2 aromatic rings. The van der Waals surface area contributed by atoms with E-state index in [9.17, 15) is 4.79 Å². The zero-order chi connectivity index (χ0) is 9.97. The minimum atomic E-state index is -0.966. The van der Waals surface area contributed by atoms with Crippen LogP contribution in [0.5, 0.6) is 0 Å². The van der Waals surface area contributed by atoms with Crippen LogP contribution in [0.2, 0.25) is 0 Å². The molecule has 0 bridgehead atoms. The molecule has 0 amide bonds. The van der Waals surface area contributed by atoms with E-state index < -0.39 is 5.97 Å². The van der Waals surface area contributed by atoms with Crippen LogP contribution < -0.4 is 0 Å². The Labute approximate surface area is 83.8 Å². The molecule has 2 aromatic heterocycles. The second-order valence-electron chi connectivity index (χ2n) is 2.66. The molecule has 0 radical (unpaired) electrons. The van der Waals surface area contributed by atoms with Crippen molar-refractivity contribution in [1.82, 2.24) is 14.2 Å². The van der Waals surface area contributed by atoms with Crippen molar-refractivity contribution < 1.29 is 9.90 Å². The number of nitrogens with zero attached hydrogens (tertiary/aromatic N) is 3. The summed E-state index contributed by atoms with van der Waals surface area (Å²) in [6.45, 7) is 0.458. The number of carboxylic acids is 1. The summed E-state index contributed by atoms with van der Waals surface area (Å²) in [6.07, 6.45) is 3.16. The molecule has 1 N–H and O–H groups in total. The maximum atomic E-state index is 10.7. The minimum absolute atomic E-state index is 0.193. The number of aromatic carboxylic acids is 1. The van der Waals surface area contributed by atoms with Crippen LogP contribution in [0.4, 0.5) is 0 Å². The Bertz CT molecular complexity index is 435. The molecule has 0 unspecified atom stereocenters. The molecule has 0 saturated carbocycles. The highest BCUT2D eigenvalue weighted by Gasteiger charge is 2.10. The lowest BCUT2D eigenvalue weighted by atomic mass is 10.4. The van der Waals surface area contributed by atoms with Crippen LogP contribution in [0.1, 0.15) is 15.4 Å². The molecule has 72 valence electrons. The molecular formula is C8H7N3O2S. The molecule has 0 aliphatic rings. The number of rotatable bonds is 3. The van der Waals surface area contributed by atoms with E-state index in [1.54, 1.807) is 6.20 Å². The first-order chi connectivity index (χ1) is 6.77. The fourth-order valence-electron chi connectivity index (χ4n) is 1.11. The van der Waals surface area contributed by atoms with Gasteiger partial charge in [0.25, 0.3) is 0 Å². The molecule has 0 atom stereocenters. The first-order valence-electron chi connectivity index (χ1n) is 3.92. The summed E-state index contributed by atoms with van der Waals surface area (Å²) in [5.74, 6) is -0.966. The standard InChI is InChI=1S/C8H7N3O2S/c12-8(13)7-2-3-9-11(7)5-6-1-4-10-14-6/h1-4H,5H2,(H,12,13). The normalized spacial score (nSPS) is 10.3. The summed E-state index contributed by atoms with van der Waals surface area (Å²) < 4.78 is 5.37. The van der Waals surface area contributed by atoms with Crippen molar-refractivity contribution in [3.05, 3.63) is 35.1 Å². The predicted octanol–water partition coefficient (Wildman–Crippen LogP) is 1.09. The average Bonchev–Trinajstić information content (AvgIpc) is 2.75. The van der Waals surface area contributed by atoms with Gasteiger partial charge in [-0.05, 0) is 23.7 Å². The van der Waals surface area contributed by atoms with Gasteiger partial charge in [-0.1, -0.05) is 0 Å². The van der Waals surface area contributed by atoms with Gasteiger partial charge in [0.15, 0.2) is 0 Å². The third kappa shape index (κ3) is 1.64. The summed E-state index contributed by atoms with van der Waals surface area (Å²) in [5, 5.41) is 12.7. The van der Waals surface area contributed by atoms with Crippen LogP contribution in [0, 0.1) is 0 Å². The fraction of sp³-hybridized carbons (Fsp3) is 0.125. The zero-order valence-corrected chi connectivity index (χ0v) is 7.94. The van der Waals surface area contributed by atoms with Crippen LogP contribution in [0.3, 0.4) is 0 Å². The average molecular weight is 209 g/mol. The third-order valence-corrected chi connectivity index (χ3v) is 2.46. The molecule has 14 heavy (non-hydrogen) atoms. The lowest BCUT2D eigenvalue weighted by Crippen LogP contribution is -2.09. The molecule has 0 aliphatic carbocycles. The molecule has 2 rings (SSSR count). The molecule has 0 fully saturated rings. The molecule has 0 saturated heterocycles. The molecule has 2 heterocycles. The number of hydrogen-bond acceptors (Lipinski definition) is 4. The van der Waals surface area contributed by atoms with E-state index in [1.165, 1.54) is 28.5 Å². The zero-order valence-electron chi connectivity index (χ0n) is 7.12.